The third-order valence-corrected chi connectivity index (χ3v) is 4.33. The van der Waals surface area contributed by atoms with Gasteiger partial charge in [0.05, 0.1) is 0 Å². The van der Waals surface area contributed by atoms with E-state index in [0.29, 0.717) is 12.5 Å². The topological polar surface area (TPSA) is 20.2 Å². The van der Waals surface area contributed by atoms with Gasteiger partial charge in [-0.25, -0.2) is 0 Å². The van der Waals surface area contributed by atoms with Crippen molar-refractivity contribution in [3.63, 3.8) is 0 Å². The number of hydrogen-bond donors (Lipinski definition) is 1. The molecule has 0 aromatic rings. The summed E-state index contributed by atoms with van der Waals surface area (Å²) in [6, 6.07) is 0. The summed E-state index contributed by atoms with van der Waals surface area (Å²) < 4.78 is 0. The van der Waals surface area contributed by atoms with E-state index in [1.165, 1.54) is 38.5 Å². The fraction of sp³-hybridized carbons (Fsp3) is 1.00. The smallest absolute Gasteiger partial charge is 0.0459 e. The second-order valence-corrected chi connectivity index (χ2v) is 5.12. The quantitative estimate of drug-likeness (QED) is 0.709. The average Bonchev–Trinajstić information content (AvgIpc) is 1.95. The van der Waals surface area contributed by atoms with Crippen LogP contribution in [0.3, 0.4) is 0 Å². The number of aliphatic hydroxyl groups excluding tert-OH is 1. The highest BCUT2D eigenvalue weighted by Crippen LogP contribution is 2.47. The zero-order valence-electron chi connectivity index (χ0n) is 8.71. The molecule has 0 aliphatic heterocycles. The molecule has 2 fully saturated rings. The summed E-state index contributed by atoms with van der Waals surface area (Å²) in [5.41, 5.74) is 0. The molecule has 1 unspecified atom stereocenters. The van der Waals surface area contributed by atoms with Crippen LogP contribution in [0.1, 0.15) is 45.4 Å². The van der Waals surface area contributed by atoms with Crippen molar-refractivity contribution in [2.24, 2.45) is 23.7 Å². The highest BCUT2D eigenvalue weighted by molar-refractivity contribution is 4.88. The number of hydrogen-bond acceptors (Lipinski definition) is 1. The molecule has 0 bridgehead atoms. The molecule has 0 amide bonds. The Morgan fingerprint density at radius 2 is 1.54 bits per heavy atom. The molecule has 1 nitrogen and oxygen atoms in total. The van der Waals surface area contributed by atoms with Gasteiger partial charge in [0.1, 0.15) is 0 Å². The lowest BCUT2D eigenvalue weighted by molar-refractivity contribution is 0.0269. The van der Waals surface area contributed by atoms with E-state index in [1.54, 1.807) is 0 Å². The lowest BCUT2D eigenvalue weighted by atomic mass is 9.61. The molecule has 2 rings (SSSR count). The van der Waals surface area contributed by atoms with Crippen LogP contribution in [0.2, 0.25) is 0 Å². The molecule has 1 N–H and O–H groups in total. The molecule has 0 spiro atoms. The molecular formula is C12H22O. The molecule has 0 heterocycles. The summed E-state index contributed by atoms with van der Waals surface area (Å²) in [6.07, 6.45) is 8.62. The summed E-state index contributed by atoms with van der Waals surface area (Å²) in [4.78, 5) is 0. The Labute approximate surface area is 81.5 Å². The minimum absolute atomic E-state index is 0.400. The van der Waals surface area contributed by atoms with Crippen molar-refractivity contribution in [2.75, 3.05) is 6.61 Å². The summed E-state index contributed by atoms with van der Waals surface area (Å²) in [7, 11) is 0. The van der Waals surface area contributed by atoms with E-state index in [2.05, 4.69) is 6.92 Å². The SMILES string of the molecule is CC(CO)C(C1CCC1)C1CCC1. The molecule has 0 saturated heterocycles. The van der Waals surface area contributed by atoms with Gasteiger partial charge in [-0.2, -0.15) is 0 Å². The number of rotatable bonds is 4. The van der Waals surface area contributed by atoms with Gasteiger partial charge in [0.2, 0.25) is 0 Å². The van der Waals surface area contributed by atoms with Gasteiger partial charge >= 0.3 is 0 Å². The van der Waals surface area contributed by atoms with Crippen LogP contribution in [0, 0.1) is 23.7 Å². The predicted molar refractivity (Wildman–Crippen MR) is 54.4 cm³/mol. The molecule has 2 saturated carbocycles. The van der Waals surface area contributed by atoms with Crippen LogP contribution in [0.15, 0.2) is 0 Å². The van der Waals surface area contributed by atoms with Gasteiger partial charge in [-0.15, -0.1) is 0 Å². The lowest BCUT2D eigenvalue weighted by Gasteiger charge is -2.45. The maximum Gasteiger partial charge on any atom is 0.0459 e. The molecule has 76 valence electrons. The Hall–Kier alpha value is -0.0400. The van der Waals surface area contributed by atoms with Crippen LogP contribution in [0.25, 0.3) is 0 Å². The maximum absolute atomic E-state index is 9.24. The van der Waals surface area contributed by atoms with E-state index in [-0.39, 0.29) is 0 Å². The highest BCUT2D eigenvalue weighted by Gasteiger charge is 2.38. The minimum atomic E-state index is 0.400. The van der Waals surface area contributed by atoms with Crippen molar-refractivity contribution in [1.82, 2.24) is 0 Å². The fourth-order valence-electron chi connectivity index (χ4n) is 3.09. The van der Waals surface area contributed by atoms with Crippen LogP contribution in [0.5, 0.6) is 0 Å². The second-order valence-electron chi connectivity index (χ2n) is 5.12. The van der Waals surface area contributed by atoms with E-state index in [9.17, 15) is 5.11 Å². The van der Waals surface area contributed by atoms with E-state index >= 15 is 0 Å². The third kappa shape index (κ3) is 1.76. The van der Waals surface area contributed by atoms with Crippen molar-refractivity contribution in [1.29, 1.82) is 0 Å². The van der Waals surface area contributed by atoms with E-state index < -0.39 is 0 Å². The van der Waals surface area contributed by atoms with Gasteiger partial charge in [-0.1, -0.05) is 45.4 Å². The molecular weight excluding hydrogens is 160 g/mol. The van der Waals surface area contributed by atoms with Gasteiger partial charge in [0.25, 0.3) is 0 Å². The maximum atomic E-state index is 9.24. The minimum Gasteiger partial charge on any atom is -0.396 e. The normalized spacial score (nSPS) is 27.0. The molecule has 2 aliphatic carbocycles. The van der Waals surface area contributed by atoms with E-state index in [1.807, 2.05) is 0 Å². The molecule has 1 atom stereocenters. The van der Waals surface area contributed by atoms with Crippen LogP contribution in [0.4, 0.5) is 0 Å². The lowest BCUT2D eigenvalue weighted by Crippen LogP contribution is -2.37. The highest BCUT2D eigenvalue weighted by atomic mass is 16.3. The summed E-state index contributed by atoms with van der Waals surface area (Å²) in [5.74, 6) is 3.34. The van der Waals surface area contributed by atoms with Crippen molar-refractivity contribution < 1.29 is 5.11 Å². The van der Waals surface area contributed by atoms with Crippen molar-refractivity contribution in [3.05, 3.63) is 0 Å². The van der Waals surface area contributed by atoms with Gasteiger partial charge in [-0.3, -0.25) is 0 Å². The zero-order valence-corrected chi connectivity index (χ0v) is 8.71. The van der Waals surface area contributed by atoms with Crippen LogP contribution in [-0.4, -0.2) is 11.7 Å². The van der Waals surface area contributed by atoms with Crippen molar-refractivity contribution in [3.8, 4) is 0 Å². The van der Waals surface area contributed by atoms with Crippen molar-refractivity contribution in [2.45, 2.75) is 45.4 Å². The van der Waals surface area contributed by atoms with E-state index in [0.717, 1.165) is 17.8 Å². The molecule has 0 radical (unpaired) electrons. The molecule has 1 heteroatoms. The molecule has 13 heavy (non-hydrogen) atoms. The second kappa shape index (κ2) is 4.00. The van der Waals surface area contributed by atoms with Crippen molar-refractivity contribution >= 4 is 0 Å². The van der Waals surface area contributed by atoms with Crippen LogP contribution < -0.4 is 0 Å². The average molecular weight is 182 g/mol. The van der Waals surface area contributed by atoms with E-state index in [4.69, 9.17) is 0 Å². The monoisotopic (exact) mass is 182 g/mol. The fourth-order valence-corrected chi connectivity index (χ4v) is 3.09. The Kier molecular flexibility index (Phi) is 2.92. The zero-order chi connectivity index (χ0) is 9.26. The molecule has 2 aliphatic rings. The Bertz CT molecular complexity index is 138. The summed E-state index contributed by atoms with van der Waals surface area (Å²) in [5, 5.41) is 9.24. The largest absolute Gasteiger partial charge is 0.396 e. The van der Waals surface area contributed by atoms with Gasteiger partial charge in [-0.05, 0) is 23.7 Å². The van der Waals surface area contributed by atoms with Crippen LogP contribution >= 0.6 is 0 Å². The van der Waals surface area contributed by atoms with Gasteiger partial charge in [0, 0.05) is 6.61 Å². The molecule has 0 aromatic carbocycles. The first-order valence-electron chi connectivity index (χ1n) is 5.93. The Morgan fingerprint density at radius 3 is 1.77 bits per heavy atom. The first-order chi connectivity index (χ1) is 6.33. The Morgan fingerprint density at radius 1 is 1.08 bits per heavy atom. The summed E-state index contributed by atoms with van der Waals surface area (Å²) in [6.45, 7) is 2.64. The van der Waals surface area contributed by atoms with Crippen LogP contribution in [-0.2, 0) is 0 Å². The Balaban J connectivity index is 1.92. The van der Waals surface area contributed by atoms with Gasteiger partial charge < -0.3 is 5.11 Å². The van der Waals surface area contributed by atoms with Gasteiger partial charge in [0.15, 0.2) is 0 Å². The summed E-state index contributed by atoms with van der Waals surface area (Å²) >= 11 is 0. The predicted octanol–water partition coefficient (Wildman–Crippen LogP) is 2.83. The third-order valence-electron chi connectivity index (χ3n) is 4.33. The molecule has 0 aromatic heterocycles. The first kappa shape index (κ1) is 9.51. The number of aliphatic hydroxyl groups is 1. The first-order valence-corrected chi connectivity index (χ1v) is 5.93. The standard InChI is InChI=1S/C12H22O/c1-9(8-13)12(10-4-2-5-10)11-6-3-7-11/h9-13H,2-8H2,1H3.